The fourth-order valence-electron chi connectivity index (χ4n) is 5.51. The van der Waals surface area contributed by atoms with Crippen molar-refractivity contribution in [3.63, 3.8) is 0 Å². The van der Waals surface area contributed by atoms with Crippen LogP contribution in [0.15, 0.2) is 72.8 Å². The molecule has 192 valence electrons. The van der Waals surface area contributed by atoms with E-state index in [9.17, 15) is 9.59 Å². The molecule has 3 heterocycles. The van der Waals surface area contributed by atoms with Crippen molar-refractivity contribution in [1.82, 2.24) is 9.97 Å². The second-order valence-electron chi connectivity index (χ2n) is 10.2. The highest BCUT2D eigenvalue weighted by atomic mass is 16.2. The topological polar surface area (TPSA) is 66.4 Å². The second-order valence-corrected chi connectivity index (χ2v) is 10.2. The number of carbonyl (C=O) groups excluding carboxylic acids is 2. The Morgan fingerprint density at radius 3 is 1.34 bits per heavy atom. The van der Waals surface area contributed by atoms with E-state index in [2.05, 4.69) is 0 Å². The van der Waals surface area contributed by atoms with E-state index in [1.165, 1.54) is 0 Å². The lowest BCUT2D eigenvalue weighted by atomic mass is 10.0. The van der Waals surface area contributed by atoms with Gasteiger partial charge in [-0.15, -0.1) is 0 Å². The molecule has 0 saturated carbocycles. The normalized spacial score (nSPS) is 16.9. The van der Waals surface area contributed by atoms with Crippen LogP contribution in [0.25, 0.3) is 33.5 Å². The van der Waals surface area contributed by atoms with Gasteiger partial charge >= 0.3 is 0 Å². The maximum Gasteiger partial charge on any atom is 0.226 e. The summed E-state index contributed by atoms with van der Waals surface area (Å²) in [5.74, 6) is 0.397. The van der Waals surface area contributed by atoms with Gasteiger partial charge in [0.2, 0.25) is 11.8 Å². The van der Waals surface area contributed by atoms with E-state index in [4.69, 9.17) is 9.97 Å². The number of anilines is 2. The molecule has 0 spiro atoms. The number of nitrogens with zero attached hydrogens (tertiary/aromatic N) is 4. The van der Waals surface area contributed by atoms with E-state index in [-0.39, 0.29) is 11.8 Å². The van der Waals surface area contributed by atoms with Gasteiger partial charge in [0.05, 0.1) is 22.4 Å². The lowest BCUT2D eigenvalue weighted by Crippen LogP contribution is -2.29. The highest BCUT2D eigenvalue weighted by Gasteiger charge is 2.21. The second kappa shape index (κ2) is 10.7. The van der Waals surface area contributed by atoms with Gasteiger partial charge < -0.3 is 9.80 Å². The summed E-state index contributed by atoms with van der Waals surface area (Å²) in [6.45, 7) is 1.54. The number of hydrogen-bond donors (Lipinski definition) is 0. The van der Waals surface area contributed by atoms with Gasteiger partial charge in [0.25, 0.3) is 0 Å². The smallest absolute Gasteiger partial charge is 0.226 e. The summed E-state index contributed by atoms with van der Waals surface area (Å²) in [5, 5.41) is 0. The SMILES string of the molecule is O=C1CCCCCN1c1ccc(-c2nc3ccccc3nc2-c2ccc(N3CCCCCC3=O)cc2)cc1. The standard InChI is InChI=1S/C32H32N4O2/c37-29-11-3-1-7-21-35(29)25-17-13-23(14-18-25)31-32(34-28-10-6-5-9-27(28)33-31)24-15-19-26(20-16-24)36-22-8-2-4-12-30(36)38/h5-6,9-10,13-20H,1-4,7-8,11-12,21-22H2. The zero-order chi connectivity index (χ0) is 25.9. The first-order valence-corrected chi connectivity index (χ1v) is 13.8. The molecular weight excluding hydrogens is 472 g/mol. The molecule has 6 nitrogen and oxygen atoms in total. The van der Waals surface area contributed by atoms with E-state index < -0.39 is 0 Å². The minimum Gasteiger partial charge on any atom is -0.312 e. The van der Waals surface area contributed by atoms with Gasteiger partial charge in [-0.05, 0) is 62.1 Å². The third-order valence-electron chi connectivity index (χ3n) is 7.62. The average molecular weight is 505 g/mol. The maximum atomic E-state index is 12.6. The van der Waals surface area contributed by atoms with Crippen LogP contribution < -0.4 is 9.80 Å². The fraction of sp³-hybridized carbons (Fsp3) is 0.312. The third kappa shape index (κ3) is 4.91. The molecule has 1 aromatic heterocycles. The van der Waals surface area contributed by atoms with Gasteiger partial charge in [0.1, 0.15) is 0 Å². The molecule has 38 heavy (non-hydrogen) atoms. The number of hydrogen-bond acceptors (Lipinski definition) is 4. The Morgan fingerprint density at radius 1 is 0.500 bits per heavy atom. The lowest BCUT2D eigenvalue weighted by Gasteiger charge is -2.21. The van der Waals surface area contributed by atoms with Crippen molar-refractivity contribution >= 4 is 34.2 Å². The van der Waals surface area contributed by atoms with E-state index in [1.807, 2.05) is 82.6 Å². The molecule has 0 bridgehead atoms. The predicted octanol–water partition coefficient (Wildman–Crippen LogP) is 6.78. The summed E-state index contributed by atoms with van der Waals surface area (Å²) in [6.07, 6.45) is 7.42. The van der Waals surface area contributed by atoms with Gasteiger partial charge in [-0.3, -0.25) is 9.59 Å². The highest BCUT2D eigenvalue weighted by Crippen LogP contribution is 2.34. The molecule has 2 amide bonds. The van der Waals surface area contributed by atoms with Gasteiger partial charge in [-0.1, -0.05) is 49.2 Å². The first-order chi connectivity index (χ1) is 18.7. The fourth-order valence-corrected chi connectivity index (χ4v) is 5.51. The number of fused-ring (bicyclic) bond motifs is 1. The van der Waals surface area contributed by atoms with E-state index in [0.29, 0.717) is 12.8 Å². The van der Waals surface area contributed by atoms with Crippen LogP contribution in [0.2, 0.25) is 0 Å². The van der Waals surface area contributed by atoms with Crippen molar-refractivity contribution < 1.29 is 9.59 Å². The van der Waals surface area contributed by atoms with Crippen molar-refractivity contribution in [1.29, 1.82) is 0 Å². The Hall–Kier alpha value is -4.06. The molecule has 6 heteroatoms. The average Bonchev–Trinajstić information content (AvgIpc) is 3.32. The van der Waals surface area contributed by atoms with Crippen LogP contribution in [0.4, 0.5) is 11.4 Å². The van der Waals surface area contributed by atoms with Crippen molar-refractivity contribution in [2.24, 2.45) is 0 Å². The van der Waals surface area contributed by atoms with E-state index in [0.717, 1.165) is 96.5 Å². The Bertz CT molecular complexity index is 1350. The van der Waals surface area contributed by atoms with Crippen LogP contribution >= 0.6 is 0 Å². The van der Waals surface area contributed by atoms with Gasteiger partial charge in [-0.2, -0.15) is 0 Å². The van der Waals surface area contributed by atoms with Gasteiger partial charge in [0.15, 0.2) is 0 Å². The lowest BCUT2D eigenvalue weighted by molar-refractivity contribution is -0.119. The first-order valence-electron chi connectivity index (χ1n) is 13.8. The highest BCUT2D eigenvalue weighted by molar-refractivity contribution is 5.95. The van der Waals surface area contributed by atoms with E-state index in [1.54, 1.807) is 0 Å². The molecule has 2 aliphatic heterocycles. The molecule has 2 saturated heterocycles. The van der Waals surface area contributed by atoms with E-state index >= 15 is 0 Å². The summed E-state index contributed by atoms with van der Waals surface area (Å²) in [7, 11) is 0. The molecule has 0 N–H and O–H groups in total. The van der Waals surface area contributed by atoms with Crippen LogP contribution in [-0.2, 0) is 9.59 Å². The minimum absolute atomic E-state index is 0.199. The molecule has 0 atom stereocenters. The predicted molar refractivity (Wildman–Crippen MR) is 152 cm³/mol. The van der Waals surface area contributed by atoms with Crippen LogP contribution in [0.1, 0.15) is 51.4 Å². The number of rotatable bonds is 4. The van der Waals surface area contributed by atoms with Gasteiger partial charge in [-0.25, -0.2) is 9.97 Å². The summed E-state index contributed by atoms with van der Waals surface area (Å²) < 4.78 is 0. The van der Waals surface area contributed by atoms with Crippen LogP contribution in [0.3, 0.4) is 0 Å². The monoisotopic (exact) mass is 504 g/mol. The number of carbonyl (C=O) groups is 2. The number of benzene rings is 3. The molecule has 2 fully saturated rings. The molecule has 4 aromatic rings. The molecule has 0 radical (unpaired) electrons. The van der Waals surface area contributed by atoms with Crippen LogP contribution in [-0.4, -0.2) is 34.9 Å². The Labute approximate surface area is 223 Å². The summed E-state index contributed by atoms with van der Waals surface area (Å²) in [6, 6.07) is 24.2. The molecule has 2 aliphatic rings. The molecule has 0 unspecified atom stereocenters. The molecule has 0 aliphatic carbocycles. The van der Waals surface area contributed by atoms with Crippen molar-refractivity contribution in [3.05, 3.63) is 72.8 Å². The summed E-state index contributed by atoms with van der Waals surface area (Å²) >= 11 is 0. The summed E-state index contributed by atoms with van der Waals surface area (Å²) in [5.41, 5.74) is 7.05. The molecule has 6 rings (SSSR count). The minimum atomic E-state index is 0.199. The largest absolute Gasteiger partial charge is 0.312 e. The van der Waals surface area contributed by atoms with Crippen LogP contribution in [0.5, 0.6) is 0 Å². The van der Waals surface area contributed by atoms with Crippen molar-refractivity contribution in [2.75, 3.05) is 22.9 Å². The van der Waals surface area contributed by atoms with Crippen molar-refractivity contribution in [2.45, 2.75) is 51.4 Å². The Morgan fingerprint density at radius 2 is 0.921 bits per heavy atom. The Balaban J connectivity index is 1.37. The van der Waals surface area contributed by atoms with Crippen molar-refractivity contribution in [3.8, 4) is 22.5 Å². The maximum absolute atomic E-state index is 12.6. The third-order valence-corrected chi connectivity index (χ3v) is 7.62. The number of para-hydroxylation sites is 2. The van der Waals surface area contributed by atoms with Gasteiger partial charge in [0, 0.05) is 48.4 Å². The summed E-state index contributed by atoms with van der Waals surface area (Å²) in [4.78, 5) is 39.1. The quantitative estimate of drug-likeness (QED) is 0.307. The zero-order valence-corrected chi connectivity index (χ0v) is 21.6. The number of aromatic nitrogens is 2. The Kier molecular flexibility index (Phi) is 6.86. The van der Waals surface area contributed by atoms with Crippen LogP contribution in [0, 0.1) is 0 Å². The first kappa shape index (κ1) is 24.3. The molecule has 3 aromatic carbocycles. The molecular formula is C32H32N4O2. The zero-order valence-electron chi connectivity index (χ0n) is 21.6. The number of amides is 2.